The molecular weight excluding hydrogens is 330 g/mol. The van der Waals surface area contributed by atoms with E-state index in [9.17, 15) is 9.59 Å². The first-order valence-electron chi connectivity index (χ1n) is 8.62. The maximum atomic E-state index is 13.3. The van der Waals surface area contributed by atoms with Gasteiger partial charge in [0.15, 0.2) is 0 Å². The number of carbonyl (C=O) groups excluding carboxylic acids is 2. The zero-order chi connectivity index (χ0) is 18.7. The number of aliphatic imine (C=N–C) groups is 1. The summed E-state index contributed by atoms with van der Waals surface area (Å²) in [5, 5.41) is 0. The summed E-state index contributed by atoms with van der Waals surface area (Å²) in [5.41, 5.74) is 4.07. The molecule has 0 aliphatic carbocycles. The number of hydrogen-bond acceptors (Lipinski definition) is 3. The number of urea groups is 1. The smallest absolute Gasteiger partial charge is 0.270 e. The number of aryl methyl sites for hydroxylation is 1. The quantitative estimate of drug-likeness (QED) is 0.775. The topological polar surface area (TPSA) is 61.8 Å². The third-order valence-electron chi connectivity index (χ3n) is 5.41. The number of fused-ring (bicyclic) bond motifs is 3. The number of benzene rings is 1. The molecule has 2 aromatic rings. The number of imide groups is 1. The molecule has 1 fully saturated rings. The van der Waals surface area contributed by atoms with Gasteiger partial charge in [0.25, 0.3) is 5.91 Å². The number of imidazole rings is 1. The molecule has 0 spiro atoms. The molecule has 2 aliphatic heterocycles. The molecule has 4 rings (SSSR count). The van der Waals surface area contributed by atoms with Gasteiger partial charge in [0.2, 0.25) is 11.9 Å². The first-order valence-corrected chi connectivity index (χ1v) is 8.62. The summed E-state index contributed by atoms with van der Waals surface area (Å²) >= 11 is 0. The Morgan fingerprint density at radius 2 is 1.92 bits per heavy atom. The van der Waals surface area contributed by atoms with Crippen LogP contribution >= 0.6 is 0 Å². The molecule has 1 saturated heterocycles. The lowest BCUT2D eigenvalue weighted by atomic mass is 10.1. The van der Waals surface area contributed by atoms with Crippen molar-refractivity contribution in [3.63, 3.8) is 0 Å². The summed E-state index contributed by atoms with van der Waals surface area (Å²) < 4.78 is 3.89. The monoisotopic (exact) mass is 352 g/mol. The normalized spacial score (nSPS) is 19.0. The number of likely N-dealkylation sites (N-methyl/N-ethyl adjacent to an activating group) is 1. The molecule has 1 atom stereocenters. The number of nitrogens with zero attached hydrogens (tertiary/aromatic N) is 5. The fourth-order valence-electron chi connectivity index (χ4n) is 3.73. The summed E-state index contributed by atoms with van der Waals surface area (Å²) in [6.45, 7) is 6.23. The van der Waals surface area contributed by atoms with Crippen LogP contribution in [0.4, 0.5) is 10.7 Å². The lowest BCUT2D eigenvalue weighted by Crippen LogP contribution is -2.57. The van der Waals surface area contributed by atoms with Crippen molar-refractivity contribution in [2.24, 2.45) is 12.0 Å². The van der Waals surface area contributed by atoms with Crippen LogP contribution in [0.3, 0.4) is 0 Å². The van der Waals surface area contributed by atoms with Crippen LogP contribution in [0.5, 0.6) is 0 Å². The third kappa shape index (κ3) is 2.13. The fourth-order valence-corrected chi connectivity index (χ4v) is 3.73. The Labute approximate surface area is 152 Å². The molecule has 7 heteroatoms. The molecule has 0 saturated carbocycles. The second-order valence-corrected chi connectivity index (χ2v) is 7.03. The molecule has 7 nitrogen and oxygen atoms in total. The zero-order valence-corrected chi connectivity index (χ0v) is 15.6. The number of amidine groups is 1. The second kappa shape index (κ2) is 5.52. The molecule has 0 bridgehead atoms. The van der Waals surface area contributed by atoms with Crippen LogP contribution in [0.2, 0.25) is 0 Å². The first kappa shape index (κ1) is 16.5. The van der Waals surface area contributed by atoms with Gasteiger partial charge in [-0.05, 0) is 26.3 Å². The van der Waals surface area contributed by atoms with Gasteiger partial charge in [-0.1, -0.05) is 34.8 Å². The Morgan fingerprint density at radius 1 is 1.19 bits per heavy atom. The molecule has 1 aromatic heterocycles. The highest BCUT2D eigenvalue weighted by Gasteiger charge is 2.53. The van der Waals surface area contributed by atoms with Crippen LogP contribution in [-0.2, 0) is 18.4 Å². The van der Waals surface area contributed by atoms with Crippen molar-refractivity contribution >= 4 is 23.7 Å². The average molecular weight is 352 g/mol. The predicted molar refractivity (Wildman–Crippen MR) is 96.1 cm³/mol. The van der Waals surface area contributed by atoms with Gasteiger partial charge in [-0.2, -0.15) is 0 Å². The van der Waals surface area contributed by atoms with E-state index >= 15 is 0 Å². The van der Waals surface area contributed by atoms with Crippen molar-refractivity contribution in [2.75, 3.05) is 7.05 Å². The van der Waals surface area contributed by atoms with Crippen LogP contribution in [0, 0.1) is 20.8 Å². The van der Waals surface area contributed by atoms with Crippen molar-refractivity contribution in [3.05, 3.63) is 46.8 Å². The van der Waals surface area contributed by atoms with E-state index in [1.807, 2.05) is 61.2 Å². The predicted octanol–water partition coefficient (Wildman–Crippen LogP) is 1.92. The number of amides is 3. The van der Waals surface area contributed by atoms with Gasteiger partial charge in [0, 0.05) is 7.05 Å². The Morgan fingerprint density at radius 3 is 2.62 bits per heavy atom. The SMILES string of the molecule is Cc1cccc(CN2C(=O)C3C(=Nc4n3c(C)c(C)[n+]4C)N(C)C2=O)c1. The Bertz CT molecular complexity index is 988. The minimum absolute atomic E-state index is 0.231. The summed E-state index contributed by atoms with van der Waals surface area (Å²) in [6, 6.07) is 6.94. The van der Waals surface area contributed by atoms with E-state index in [4.69, 9.17) is 0 Å². The van der Waals surface area contributed by atoms with E-state index < -0.39 is 6.04 Å². The Balaban J connectivity index is 1.77. The number of rotatable bonds is 2. The molecule has 3 heterocycles. The van der Waals surface area contributed by atoms with Crippen LogP contribution < -0.4 is 4.57 Å². The molecule has 1 aromatic carbocycles. The van der Waals surface area contributed by atoms with E-state index in [0.29, 0.717) is 11.8 Å². The summed E-state index contributed by atoms with van der Waals surface area (Å²) in [5.74, 6) is 0.963. The van der Waals surface area contributed by atoms with E-state index in [2.05, 4.69) is 4.99 Å². The van der Waals surface area contributed by atoms with E-state index in [1.165, 1.54) is 9.80 Å². The van der Waals surface area contributed by atoms with Gasteiger partial charge < -0.3 is 0 Å². The minimum Gasteiger partial charge on any atom is -0.270 e. The second-order valence-electron chi connectivity index (χ2n) is 7.03. The lowest BCUT2D eigenvalue weighted by Gasteiger charge is -2.33. The molecule has 0 N–H and O–H groups in total. The Hall–Kier alpha value is -2.96. The standard InChI is InChI=1S/C19H22N5O2/c1-11-7-6-8-14(9-11)10-23-17(25)15-16(22(5)19(23)26)20-18-21(4)12(2)13(3)24(15)18/h6-9,15H,10H2,1-5H3/q+1. The van der Waals surface area contributed by atoms with Gasteiger partial charge in [0.1, 0.15) is 11.4 Å². The van der Waals surface area contributed by atoms with Gasteiger partial charge in [0.05, 0.1) is 13.6 Å². The van der Waals surface area contributed by atoms with Gasteiger partial charge in [-0.3, -0.25) is 14.6 Å². The highest BCUT2D eigenvalue weighted by molar-refractivity contribution is 6.20. The van der Waals surface area contributed by atoms with Crippen LogP contribution in [0.15, 0.2) is 29.3 Å². The molecule has 26 heavy (non-hydrogen) atoms. The van der Waals surface area contributed by atoms with Crippen LogP contribution in [0.25, 0.3) is 0 Å². The minimum atomic E-state index is -0.586. The maximum absolute atomic E-state index is 13.3. The Kier molecular flexibility index (Phi) is 3.50. The summed E-state index contributed by atoms with van der Waals surface area (Å²) in [6.07, 6.45) is 0. The van der Waals surface area contributed by atoms with Crippen molar-refractivity contribution < 1.29 is 14.2 Å². The fraction of sp³-hybridized carbons (Fsp3) is 0.368. The summed E-state index contributed by atoms with van der Waals surface area (Å²) in [7, 11) is 3.60. The average Bonchev–Trinajstić information content (AvgIpc) is 3.10. The number of carbonyl (C=O) groups is 2. The molecular formula is C19H22N5O2+. The van der Waals surface area contributed by atoms with Gasteiger partial charge in [-0.25, -0.2) is 13.9 Å². The number of hydrogen-bond donors (Lipinski definition) is 0. The van der Waals surface area contributed by atoms with Gasteiger partial charge in [-0.15, -0.1) is 0 Å². The largest absolute Gasteiger partial charge is 0.401 e. The molecule has 3 amide bonds. The van der Waals surface area contributed by atoms with Crippen LogP contribution in [-0.4, -0.2) is 39.2 Å². The van der Waals surface area contributed by atoms with Crippen LogP contribution in [0.1, 0.15) is 28.6 Å². The van der Waals surface area contributed by atoms with E-state index in [1.54, 1.807) is 7.05 Å². The molecule has 0 radical (unpaired) electrons. The first-order chi connectivity index (χ1) is 12.3. The number of aromatic nitrogens is 2. The molecule has 134 valence electrons. The zero-order valence-electron chi connectivity index (χ0n) is 15.6. The van der Waals surface area contributed by atoms with Crippen molar-refractivity contribution in [3.8, 4) is 0 Å². The molecule has 1 unspecified atom stereocenters. The summed E-state index contributed by atoms with van der Waals surface area (Å²) in [4.78, 5) is 33.5. The van der Waals surface area contributed by atoms with E-state index in [0.717, 1.165) is 22.5 Å². The molecule has 2 aliphatic rings. The third-order valence-corrected chi connectivity index (χ3v) is 5.41. The lowest BCUT2D eigenvalue weighted by molar-refractivity contribution is -0.663. The highest BCUT2D eigenvalue weighted by Crippen LogP contribution is 2.35. The van der Waals surface area contributed by atoms with Gasteiger partial charge >= 0.3 is 12.0 Å². The maximum Gasteiger partial charge on any atom is 0.401 e. The van der Waals surface area contributed by atoms with Crippen molar-refractivity contribution in [1.82, 2.24) is 14.4 Å². The van der Waals surface area contributed by atoms with Crippen molar-refractivity contribution in [2.45, 2.75) is 33.4 Å². The van der Waals surface area contributed by atoms with Crippen molar-refractivity contribution in [1.29, 1.82) is 0 Å². The van der Waals surface area contributed by atoms with E-state index in [-0.39, 0.29) is 18.5 Å². The highest BCUT2D eigenvalue weighted by atomic mass is 16.2.